The van der Waals surface area contributed by atoms with Crippen LogP contribution in [0.4, 0.5) is 0 Å². The van der Waals surface area contributed by atoms with Crippen LogP contribution in [0.15, 0.2) is 48.5 Å². The Labute approximate surface area is 142 Å². The van der Waals surface area contributed by atoms with Gasteiger partial charge in [0.2, 0.25) is 0 Å². The van der Waals surface area contributed by atoms with Gasteiger partial charge in [-0.25, -0.2) is 4.79 Å². The molecule has 0 saturated carbocycles. The third-order valence-electron chi connectivity index (χ3n) is 3.24. The first-order chi connectivity index (χ1) is 10.5. The van der Waals surface area contributed by atoms with Gasteiger partial charge in [0.05, 0.1) is 0 Å². The van der Waals surface area contributed by atoms with Crippen molar-refractivity contribution in [3.8, 4) is 0 Å². The van der Waals surface area contributed by atoms with E-state index in [2.05, 4.69) is 27.9 Å². The number of benzene rings is 2. The van der Waals surface area contributed by atoms with Gasteiger partial charge in [-0.15, -0.1) is 0 Å². The second-order valence-electron chi connectivity index (χ2n) is 5.06. The van der Waals surface area contributed by atoms with Gasteiger partial charge in [0.25, 0.3) is 5.91 Å². The molecule has 1 amide bonds. The van der Waals surface area contributed by atoms with E-state index in [1.807, 2.05) is 37.3 Å². The third kappa shape index (κ3) is 4.56. The summed E-state index contributed by atoms with van der Waals surface area (Å²) in [4.78, 5) is 23.6. The average Bonchev–Trinajstić information content (AvgIpc) is 2.48. The fourth-order valence-corrected chi connectivity index (χ4v) is 2.44. The first-order valence-corrected chi connectivity index (χ1v) is 7.88. The molecule has 0 saturated heterocycles. The van der Waals surface area contributed by atoms with Gasteiger partial charge in [-0.3, -0.25) is 4.79 Å². The highest BCUT2D eigenvalue weighted by Gasteiger charge is 2.21. The van der Waals surface area contributed by atoms with Crippen LogP contribution in [0.25, 0.3) is 0 Å². The topological polar surface area (TPSA) is 66.4 Å². The quantitative estimate of drug-likeness (QED) is 0.747. The third-order valence-corrected chi connectivity index (χ3v) is 3.96. The van der Waals surface area contributed by atoms with Crippen LogP contribution in [-0.4, -0.2) is 23.0 Å². The molecule has 0 fully saturated rings. The molecule has 0 aromatic heterocycles. The van der Waals surface area contributed by atoms with E-state index in [4.69, 9.17) is 0 Å². The van der Waals surface area contributed by atoms with Crippen molar-refractivity contribution in [1.82, 2.24) is 5.32 Å². The summed E-state index contributed by atoms with van der Waals surface area (Å²) in [5.41, 5.74) is 2.29. The lowest BCUT2D eigenvalue weighted by molar-refractivity contribution is -0.139. The Morgan fingerprint density at radius 3 is 2.45 bits per heavy atom. The number of carbonyl (C=O) groups excluding carboxylic acids is 1. The minimum Gasteiger partial charge on any atom is -0.480 e. The SMILES string of the molecule is Cc1cccc(C(=O)NC(Cc2ccc(I)cc2)C(=O)O)c1. The highest BCUT2D eigenvalue weighted by atomic mass is 127. The molecule has 0 aliphatic carbocycles. The zero-order valence-corrected chi connectivity index (χ0v) is 14.2. The maximum Gasteiger partial charge on any atom is 0.326 e. The normalized spacial score (nSPS) is 11.7. The van der Waals surface area contributed by atoms with Crippen molar-refractivity contribution in [2.24, 2.45) is 0 Å². The number of carboxylic acid groups (broad SMARTS) is 1. The van der Waals surface area contributed by atoms with Gasteiger partial charge in [0.1, 0.15) is 6.04 Å². The monoisotopic (exact) mass is 409 g/mol. The number of amides is 1. The molecule has 0 heterocycles. The highest BCUT2D eigenvalue weighted by Crippen LogP contribution is 2.10. The predicted molar refractivity (Wildman–Crippen MR) is 92.9 cm³/mol. The van der Waals surface area contributed by atoms with E-state index in [-0.39, 0.29) is 12.3 Å². The molecule has 0 bridgehead atoms. The van der Waals surface area contributed by atoms with Gasteiger partial charge in [0, 0.05) is 15.6 Å². The first kappa shape index (κ1) is 16.5. The van der Waals surface area contributed by atoms with Gasteiger partial charge < -0.3 is 10.4 Å². The Morgan fingerprint density at radius 2 is 1.86 bits per heavy atom. The van der Waals surface area contributed by atoms with Crippen LogP contribution in [0.1, 0.15) is 21.5 Å². The fraction of sp³-hybridized carbons (Fsp3) is 0.176. The summed E-state index contributed by atoms with van der Waals surface area (Å²) in [7, 11) is 0. The van der Waals surface area contributed by atoms with Crippen molar-refractivity contribution in [2.75, 3.05) is 0 Å². The molecule has 0 spiro atoms. The van der Waals surface area contributed by atoms with Crippen molar-refractivity contribution in [3.63, 3.8) is 0 Å². The van der Waals surface area contributed by atoms with Crippen LogP contribution in [0.2, 0.25) is 0 Å². The molecule has 5 heteroatoms. The van der Waals surface area contributed by atoms with Crippen LogP contribution < -0.4 is 5.32 Å². The van der Waals surface area contributed by atoms with Gasteiger partial charge in [-0.05, 0) is 59.3 Å². The Balaban J connectivity index is 2.10. The molecular formula is C17H16INO3. The van der Waals surface area contributed by atoms with Gasteiger partial charge in [-0.2, -0.15) is 0 Å². The second-order valence-corrected chi connectivity index (χ2v) is 6.31. The maximum absolute atomic E-state index is 12.2. The number of rotatable bonds is 5. The van der Waals surface area contributed by atoms with Crippen molar-refractivity contribution in [2.45, 2.75) is 19.4 Å². The number of hydrogen-bond acceptors (Lipinski definition) is 2. The zero-order chi connectivity index (χ0) is 16.1. The minimum atomic E-state index is -1.04. The summed E-state index contributed by atoms with van der Waals surface area (Å²) in [5.74, 6) is -1.42. The number of aryl methyl sites for hydroxylation is 1. The Morgan fingerprint density at radius 1 is 1.18 bits per heavy atom. The summed E-state index contributed by atoms with van der Waals surface area (Å²) in [6, 6.07) is 13.7. The van der Waals surface area contributed by atoms with Crippen LogP contribution in [0.3, 0.4) is 0 Å². The Hall–Kier alpha value is -1.89. The van der Waals surface area contributed by atoms with E-state index < -0.39 is 12.0 Å². The molecule has 2 rings (SSSR count). The van der Waals surface area contributed by atoms with Gasteiger partial charge >= 0.3 is 5.97 Å². The van der Waals surface area contributed by atoms with E-state index >= 15 is 0 Å². The lowest BCUT2D eigenvalue weighted by Gasteiger charge is -2.15. The number of halogens is 1. The van der Waals surface area contributed by atoms with E-state index in [1.54, 1.807) is 18.2 Å². The van der Waals surface area contributed by atoms with E-state index in [0.29, 0.717) is 5.56 Å². The number of carboxylic acids is 1. The van der Waals surface area contributed by atoms with Crippen LogP contribution >= 0.6 is 22.6 Å². The molecular weight excluding hydrogens is 393 g/mol. The van der Waals surface area contributed by atoms with Crippen LogP contribution in [0.5, 0.6) is 0 Å². The fourth-order valence-electron chi connectivity index (χ4n) is 2.08. The summed E-state index contributed by atoms with van der Waals surface area (Å²) >= 11 is 2.19. The molecule has 0 radical (unpaired) electrons. The molecule has 2 N–H and O–H groups in total. The average molecular weight is 409 g/mol. The molecule has 0 aliphatic rings. The number of aliphatic carboxylic acids is 1. The van der Waals surface area contributed by atoms with Crippen molar-refractivity contribution < 1.29 is 14.7 Å². The van der Waals surface area contributed by atoms with E-state index in [1.165, 1.54) is 0 Å². The number of hydrogen-bond donors (Lipinski definition) is 2. The Kier molecular flexibility index (Phi) is 5.54. The second kappa shape index (κ2) is 7.40. The smallest absolute Gasteiger partial charge is 0.326 e. The van der Waals surface area contributed by atoms with Gasteiger partial charge in [-0.1, -0.05) is 29.8 Å². The van der Waals surface area contributed by atoms with Crippen LogP contribution in [0, 0.1) is 10.5 Å². The van der Waals surface area contributed by atoms with Crippen LogP contribution in [-0.2, 0) is 11.2 Å². The molecule has 114 valence electrons. The summed E-state index contributed by atoms with van der Waals surface area (Å²) in [6.45, 7) is 1.89. The summed E-state index contributed by atoms with van der Waals surface area (Å²) < 4.78 is 1.08. The highest BCUT2D eigenvalue weighted by molar-refractivity contribution is 14.1. The molecule has 1 atom stereocenters. The Bertz CT molecular complexity index is 683. The molecule has 0 aliphatic heterocycles. The first-order valence-electron chi connectivity index (χ1n) is 6.80. The maximum atomic E-state index is 12.2. The molecule has 4 nitrogen and oxygen atoms in total. The molecule has 2 aromatic rings. The lowest BCUT2D eigenvalue weighted by atomic mass is 10.1. The number of carbonyl (C=O) groups is 2. The van der Waals surface area contributed by atoms with Crippen molar-refractivity contribution in [1.29, 1.82) is 0 Å². The molecule has 22 heavy (non-hydrogen) atoms. The van der Waals surface area contributed by atoms with Gasteiger partial charge in [0.15, 0.2) is 0 Å². The molecule has 1 unspecified atom stereocenters. The predicted octanol–water partition coefficient (Wildman–Crippen LogP) is 3.03. The van der Waals surface area contributed by atoms with Crippen molar-refractivity contribution >= 4 is 34.5 Å². The lowest BCUT2D eigenvalue weighted by Crippen LogP contribution is -2.42. The van der Waals surface area contributed by atoms with Crippen molar-refractivity contribution in [3.05, 3.63) is 68.8 Å². The van der Waals surface area contributed by atoms with E-state index in [9.17, 15) is 14.7 Å². The standard InChI is InChI=1S/C17H16INO3/c1-11-3-2-4-13(9-11)16(20)19-15(17(21)22)10-12-5-7-14(18)8-6-12/h2-9,15H,10H2,1H3,(H,19,20)(H,21,22). The summed E-state index contributed by atoms with van der Waals surface area (Å²) in [6.07, 6.45) is 0.254. The van der Waals surface area contributed by atoms with E-state index in [0.717, 1.165) is 14.7 Å². The largest absolute Gasteiger partial charge is 0.480 e. The summed E-state index contributed by atoms with van der Waals surface area (Å²) in [5, 5.41) is 11.9. The molecule has 2 aromatic carbocycles. The minimum absolute atomic E-state index is 0.254. The zero-order valence-electron chi connectivity index (χ0n) is 12.0. The number of nitrogens with one attached hydrogen (secondary N) is 1.